The molecule has 0 aliphatic heterocycles. The lowest BCUT2D eigenvalue weighted by Gasteiger charge is -2.02. The Labute approximate surface area is 160 Å². The van der Waals surface area contributed by atoms with E-state index in [1.807, 2.05) is 26.0 Å². The number of non-ortho nitro benzene ring substituents is 1. The van der Waals surface area contributed by atoms with Gasteiger partial charge in [-0.3, -0.25) is 15.5 Å². The smallest absolute Gasteiger partial charge is 0.270 e. The van der Waals surface area contributed by atoms with E-state index in [9.17, 15) is 10.1 Å². The molecule has 9 heteroatoms. The summed E-state index contributed by atoms with van der Waals surface area (Å²) >= 11 is 4.73. The molecular formula is C18H18N4O4S. The quantitative estimate of drug-likeness (QED) is 0.284. The SMILES string of the molecule is C/C(CCc1oc2ccc([N+](=O)[O-])cc2c1-c1ccc(C)o1)=N/NC(N)=S. The van der Waals surface area contributed by atoms with Gasteiger partial charge in [-0.1, -0.05) is 0 Å². The van der Waals surface area contributed by atoms with Crippen molar-refractivity contribution in [3.05, 3.63) is 52.0 Å². The lowest BCUT2D eigenvalue weighted by Crippen LogP contribution is -2.25. The fourth-order valence-electron chi connectivity index (χ4n) is 2.77. The molecular weight excluding hydrogens is 368 g/mol. The fourth-order valence-corrected chi connectivity index (χ4v) is 2.81. The Kier molecular flexibility index (Phi) is 5.22. The van der Waals surface area contributed by atoms with Gasteiger partial charge >= 0.3 is 0 Å². The second-order valence-electron chi connectivity index (χ2n) is 6.07. The molecule has 0 amide bonds. The number of rotatable bonds is 6. The fraction of sp³-hybridized carbons (Fsp3) is 0.222. The van der Waals surface area contributed by atoms with Crippen LogP contribution < -0.4 is 11.2 Å². The minimum atomic E-state index is -0.429. The van der Waals surface area contributed by atoms with Gasteiger partial charge in [-0.05, 0) is 50.7 Å². The average molecular weight is 386 g/mol. The van der Waals surface area contributed by atoms with Gasteiger partial charge < -0.3 is 14.6 Å². The predicted molar refractivity (Wildman–Crippen MR) is 107 cm³/mol. The predicted octanol–water partition coefficient (Wildman–Crippen LogP) is 4.05. The van der Waals surface area contributed by atoms with E-state index in [-0.39, 0.29) is 10.8 Å². The van der Waals surface area contributed by atoms with Crippen LogP contribution >= 0.6 is 12.2 Å². The van der Waals surface area contributed by atoms with Crippen molar-refractivity contribution < 1.29 is 13.8 Å². The van der Waals surface area contributed by atoms with Gasteiger partial charge in [-0.2, -0.15) is 5.10 Å². The van der Waals surface area contributed by atoms with Crippen LogP contribution in [-0.4, -0.2) is 15.7 Å². The van der Waals surface area contributed by atoms with Crippen LogP contribution in [0.25, 0.3) is 22.3 Å². The molecule has 0 fully saturated rings. The highest BCUT2D eigenvalue weighted by molar-refractivity contribution is 7.80. The number of hydrogen-bond acceptors (Lipinski definition) is 6. The molecule has 140 valence electrons. The monoisotopic (exact) mass is 386 g/mol. The van der Waals surface area contributed by atoms with Gasteiger partial charge in [0, 0.05) is 29.7 Å². The normalized spacial score (nSPS) is 11.7. The Bertz CT molecular complexity index is 1050. The summed E-state index contributed by atoms with van der Waals surface area (Å²) in [7, 11) is 0. The average Bonchev–Trinajstić information content (AvgIpc) is 3.20. The molecule has 3 aromatic rings. The number of fused-ring (bicyclic) bond motifs is 1. The number of aryl methyl sites for hydroxylation is 2. The molecule has 1 aromatic carbocycles. The first-order valence-electron chi connectivity index (χ1n) is 8.20. The van der Waals surface area contributed by atoms with E-state index in [2.05, 4.69) is 10.5 Å². The Hall–Kier alpha value is -3.20. The highest BCUT2D eigenvalue weighted by Crippen LogP contribution is 2.38. The lowest BCUT2D eigenvalue weighted by molar-refractivity contribution is -0.384. The number of nitrogens with one attached hydrogen (secondary N) is 1. The van der Waals surface area contributed by atoms with Crippen LogP contribution in [0.2, 0.25) is 0 Å². The van der Waals surface area contributed by atoms with Crippen LogP contribution in [0.1, 0.15) is 24.9 Å². The summed E-state index contributed by atoms with van der Waals surface area (Å²) in [6, 6.07) is 8.20. The second kappa shape index (κ2) is 7.58. The van der Waals surface area contributed by atoms with Gasteiger partial charge in [-0.25, -0.2) is 0 Å². The van der Waals surface area contributed by atoms with E-state index in [1.54, 1.807) is 6.07 Å². The highest BCUT2D eigenvalue weighted by atomic mass is 32.1. The number of furan rings is 2. The number of nitro benzene ring substituents is 1. The van der Waals surface area contributed by atoms with Crippen molar-refractivity contribution in [3.63, 3.8) is 0 Å². The Morgan fingerprint density at radius 1 is 1.33 bits per heavy atom. The molecule has 0 saturated heterocycles. The Balaban J connectivity index is 2.02. The maximum absolute atomic E-state index is 11.2. The number of hydrogen-bond donors (Lipinski definition) is 2. The van der Waals surface area contributed by atoms with Crippen molar-refractivity contribution in [2.24, 2.45) is 10.8 Å². The van der Waals surface area contributed by atoms with Crippen molar-refractivity contribution in [2.75, 3.05) is 0 Å². The third-order valence-corrected chi connectivity index (χ3v) is 4.10. The molecule has 0 atom stereocenters. The number of nitro groups is 1. The molecule has 8 nitrogen and oxygen atoms in total. The maximum Gasteiger partial charge on any atom is 0.270 e. The van der Waals surface area contributed by atoms with E-state index in [1.165, 1.54) is 12.1 Å². The first kappa shape index (κ1) is 18.6. The van der Waals surface area contributed by atoms with Gasteiger partial charge in [0.15, 0.2) is 5.11 Å². The molecule has 0 radical (unpaired) electrons. The standard InChI is InChI=1S/C18H18N4O4S/c1-10(20-21-18(19)27)3-6-16-17(15-7-4-11(2)25-15)13-9-12(22(23)24)5-8-14(13)26-16/h4-5,7-9H,3,6H2,1-2H3,(H3,19,21,27)/b20-10-. The van der Waals surface area contributed by atoms with Gasteiger partial charge in [0.05, 0.1) is 10.5 Å². The molecule has 0 aliphatic carbocycles. The summed E-state index contributed by atoms with van der Waals surface area (Å²) in [5.74, 6) is 2.02. The lowest BCUT2D eigenvalue weighted by atomic mass is 10.0. The molecule has 3 rings (SSSR count). The molecule has 0 saturated carbocycles. The zero-order chi connectivity index (χ0) is 19.6. The molecule has 2 heterocycles. The first-order chi connectivity index (χ1) is 12.8. The highest BCUT2D eigenvalue weighted by Gasteiger charge is 2.21. The summed E-state index contributed by atoms with van der Waals surface area (Å²) in [4.78, 5) is 10.7. The number of hydrazone groups is 1. The van der Waals surface area contributed by atoms with Gasteiger partial charge in [0.1, 0.15) is 22.9 Å². The minimum Gasteiger partial charge on any atom is -0.461 e. The van der Waals surface area contributed by atoms with E-state index in [0.29, 0.717) is 35.3 Å². The van der Waals surface area contributed by atoms with E-state index < -0.39 is 4.92 Å². The number of benzene rings is 1. The van der Waals surface area contributed by atoms with Crippen molar-refractivity contribution in [1.82, 2.24) is 5.43 Å². The van der Waals surface area contributed by atoms with Crippen LogP contribution in [0.4, 0.5) is 5.69 Å². The second-order valence-corrected chi connectivity index (χ2v) is 6.51. The zero-order valence-corrected chi connectivity index (χ0v) is 15.6. The van der Waals surface area contributed by atoms with Crippen molar-refractivity contribution >= 4 is 39.7 Å². The summed E-state index contributed by atoms with van der Waals surface area (Å²) < 4.78 is 11.7. The summed E-state index contributed by atoms with van der Waals surface area (Å²) in [5.41, 5.74) is 9.99. The van der Waals surface area contributed by atoms with Crippen LogP contribution in [-0.2, 0) is 6.42 Å². The minimum absolute atomic E-state index is 0.00206. The first-order valence-corrected chi connectivity index (χ1v) is 8.61. The molecule has 0 unspecified atom stereocenters. The molecule has 27 heavy (non-hydrogen) atoms. The van der Waals surface area contributed by atoms with Gasteiger partial charge in [0.25, 0.3) is 5.69 Å². The summed E-state index contributed by atoms with van der Waals surface area (Å²) in [6.45, 7) is 3.68. The molecule has 2 aromatic heterocycles. The largest absolute Gasteiger partial charge is 0.461 e. The van der Waals surface area contributed by atoms with Crippen LogP contribution in [0.3, 0.4) is 0 Å². The third-order valence-electron chi connectivity index (χ3n) is 4.01. The molecule has 0 aliphatic rings. The number of nitrogens with zero attached hydrogens (tertiary/aromatic N) is 2. The van der Waals surface area contributed by atoms with Crippen LogP contribution in [0.5, 0.6) is 0 Å². The number of nitrogens with two attached hydrogens (primary N) is 1. The van der Waals surface area contributed by atoms with Crippen LogP contribution in [0, 0.1) is 17.0 Å². The van der Waals surface area contributed by atoms with E-state index in [0.717, 1.165) is 17.0 Å². The van der Waals surface area contributed by atoms with Crippen molar-refractivity contribution in [3.8, 4) is 11.3 Å². The molecule has 0 spiro atoms. The van der Waals surface area contributed by atoms with Gasteiger partial charge in [0.2, 0.25) is 0 Å². The topological polar surface area (TPSA) is 120 Å². The van der Waals surface area contributed by atoms with Crippen molar-refractivity contribution in [2.45, 2.75) is 26.7 Å². The Morgan fingerprint density at radius 3 is 2.74 bits per heavy atom. The maximum atomic E-state index is 11.2. The van der Waals surface area contributed by atoms with Crippen molar-refractivity contribution in [1.29, 1.82) is 0 Å². The van der Waals surface area contributed by atoms with E-state index >= 15 is 0 Å². The van der Waals surface area contributed by atoms with Gasteiger partial charge in [-0.15, -0.1) is 0 Å². The zero-order valence-electron chi connectivity index (χ0n) is 14.8. The third kappa shape index (κ3) is 4.14. The molecule has 3 N–H and O–H groups in total. The summed E-state index contributed by atoms with van der Waals surface area (Å²) in [6.07, 6.45) is 1.12. The summed E-state index contributed by atoms with van der Waals surface area (Å²) in [5, 5.41) is 16.0. The Morgan fingerprint density at radius 2 is 2.11 bits per heavy atom. The number of thiocarbonyl (C=S) groups is 1. The van der Waals surface area contributed by atoms with E-state index in [4.69, 9.17) is 26.8 Å². The molecule has 0 bridgehead atoms. The van der Waals surface area contributed by atoms with Crippen LogP contribution in [0.15, 0.2) is 44.3 Å².